The molecule has 0 aliphatic carbocycles. The van der Waals surface area contributed by atoms with E-state index >= 15 is 0 Å². The predicted octanol–water partition coefficient (Wildman–Crippen LogP) is 2.40. The van der Waals surface area contributed by atoms with E-state index in [0.717, 1.165) is 0 Å². The molecular formula is C9H18O2. The standard InChI is InChI=1S/C5H10.C4H8O2/c1-4-5(2)3;1-3-6-4(2)5/h4-5H,1H2,2-3H3;3H2,1-2H3. The van der Waals surface area contributed by atoms with Crippen molar-refractivity contribution in [3.05, 3.63) is 12.7 Å². The van der Waals surface area contributed by atoms with E-state index in [0.29, 0.717) is 12.5 Å². The maximum atomic E-state index is 9.82. The molecule has 0 aliphatic heterocycles. The minimum Gasteiger partial charge on any atom is -0.466 e. The van der Waals surface area contributed by atoms with Crippen molar-refractivity contribution in [1.29, 1.82) is 0 Å². The molecular weight excluding hydrogens is 140 g/mol. The van der Waals surface area contributed by atoms with Crippen molar-refractivity contribution in [2.45, 2.75) is 27.7 Å². The van der Waals surface area contributed by atoms with Crippen LogP contribution in [0.2, 0.25) is 0 Å². The van der Waals surface area contributed by atoms with Gasteiger partial charge in [-0.2, -0.15) is 0 Å². The van der Waals surface area contributed by atoms with Gasteiger partial charge in [-0.3, -0.25) is 4.79 Å². The molecule has 0 aromatic heterocycles. The Kier molecular flexibility index (Phi) is 10.8. The summed E-state index contributed by atoms with van der Waals surface area (Å²) >= 11 is 0. The Labute approximate surface area is 69.3 Å². The first-order valence-corrected chi connectivity index (χ1v) is 3.80. The summed E-state index contributed by atoms with van der Waals surface area (Å²) in [6.07, 6.45) is 1.92. The third-order valence-electron chi connectivity index (χ3n) is 0.819. The van der Waals surface area contributed by atoms with Gasteiger partial charge < -0.3 is 4.74 Å². The number of hydrogen-bond acceptors (Lipinski definition) is 2. The number of carbonyl (C=O) groups is 1. The summed E-state index contributed by atoms with van der Waals surface area (Å²) in [6, 6.07) is 0. The van der Waals surface area contributed by atoms with Crippen LogP contribution < -0.4 is 0 Å². The summed E-state index contributed by atoms with van der Waals surface area (Å²) in [7, 11) is 0. The molecule has 0 fully saturated rings. The lowest BCUT2D eigenvalue weighted by atomic mass is 10.2. The second-order valence-corrected chi connectivity index (χ2v) is 2.40. The Morgan fingerprint density at radius 2 is 2.00 bits per heavy atom. The highest BCUT2D eigenvalue weighted by Crippen LogP contribution is 1.87. The van der Waals surface area contributed by atoms with E-state index in [4.69, 9.17) is 0 Å². The monoisotopic (exact) mass is 158 g/mol. The molecule has 0 amide bonds. The first-order valence-electron chi connectivity index (χ1n) is 3.80. The van der Waals surface area contributed by atoms with Crippen LogP contribution >= 0.6 is 0 Å². The van der Waals surface area contributed by atoms with Crippen molar-refractivity contribution in [2.24, 2.45) is 5.92 Å². The molecule has 0 rings (SSSR count). The number of allylic oxidation sites excluding steroid dienone is 1. The number of hydrogen-bond donors (Lipinski definition) is 0. The topological polar surface area (TPSA) is 26.3 Å². The van der Waals surface area contributed by atoms with Gasteiger partial charge in [0.2, 0.25) is 0 Å². The molecule has 0 atom stereocenters. The normalized spacial score (nSPS) is 8.09. The molecule has 0 aliphatic rings. The molecule has 0 bridgehead atoms. The third kappa shape index (κ3) is 27.0. The fourth-order valence-electron chi connectivity index (χ4n) is 0.203. The van der Waals surface area contributed by atoms with Gasteiger partial charge in [-0.05, 0) is 12.8 Å². The maximum absolute atomic E-state index is 9.82. The number of carbonyl (C=O) groups excluding carboxylic acids is 1. The van der Waals surface area contributed by atoms with E-state index < -0.39 is 0 Å². The largest absolute Gasteiger partial charge is 0.466 e. The summed E-state index contributed by atoms with van der Waals surface area (Å²) in [5, 5.41) is 0. The van der Waals surface area contributed by atoms with Crippen LogP contribution in [0.25, 0.3) is 0 Å². The molecule has 66 valence electrons. The van der Waals surface area contributed by atoms with Gasteiger partial charge in [0.1, 0.15) is 0 Å². The molecule has 2 heteroatoms. The summed E-state index contributed by atoms with van der Waals surface area (Å²) in [6.45, 7) is 11.4. The third-order valence-corrected chi connectivity index (χ3v) is 0.819. The zero-order valence-corrected chi connectivity index (χ0v) is 7.89. The second-order valence-electron chi connectivity index (χ2n) is 2.40. The summed E-state index contributed by atoms with van der Waals surface area (Å²) in [5.41, 5.74) is 0. The van der Waals surface area contributed by atoms with E-state index in [9.17, 15) is 4.79 Å². The molecule has 0 N–H and O–H groups in total. The number of ether oxygens (including phenoxy) is 1. The number of esters is 1. The van der Waals surface area contributed by atoms with Crippen LogP contribution in [0.5, 0.6) is 0 Å². The van der Waals surface area contributed by atoms with Crippen molar-refractivity contribution in [1.82, 2.24) is 0 Å². The highest BCUT2D eigenvalue weighted by molar-refractivity contribution is 5.65. The Bertz CT molecular complexity index is 106. The first-order chi connectivity index (χ1) is 5.04. The van der Waals surface area contributed by atoms with E-state index in [-0.39, 0.29) is 5.97 Å². The fraction of sp³-hybridized carbons (Fsp3) is 0.667. The molecule has 0 radical (unpaired) electrons. The number of rotatable bonds is 2. The van der Waals surface area contributed by atoms with Gasteiger partial charge in [-0.1, -0.05) is 19.9 Å². The lowest BCUT2D eigenvalue weighted by Gasteiger charge is -1.89. The molecule has 0 aromatic rings. The maximum Gasteiger partial charge on any atom is 0.302 e. The minimum atomic E-state index is -0.211. The highest BCUT2D eigenvalue weighted by Gasteiger charge is 1.81. The van der Waals surface area contributed by atoms with E-state index in [1.165, 1.54) is 6.92 Å². The van der Waals surface area contributed by atoms with Crippen molar-refractivity contribution < 1.29 is 9.53 Å². The van der Waals surface area contributed by atoms with Crippen LogP contribution in [-0.4, -0.2) is 12.6 Å². The lowest BCUT2D eigenvalue weighted by Crippen LogP contribution is -1.95. The van der Waals surface area contributed by atoms with Gasteiger partial charge in [0.05, 0.1) is 6.61 Å². The van der Waals surface area contributed by atoms with Gasteiger partial charge in [0.25, 0.3) is 0 Å². The van der Waals surface area contributed by atoms with Gasteiger partial charge >= 0.3 is 5.97 Å². The van der Waals surface area contributed by atoms with E-state index in [2.05, 4.69) is 25.2 Å². The smallest absolute Gasteiger partial charge is 0.302 e. The molecule has 0 saturated heterocycles. The van der Waals surface area contributed by atoms with Crippen LogP contribution in [0, 0.1) is 5.92 Å². The average Bonchev–Trinajstić information content (AvgIpc) is 1.89. The molecule has 0 saturated carbocycles. The molecule has 11 heavy (non-hydrogen) atoms. The van der Waals surface area contributed by atoms with Crippen molar-refractivity contribution in [3.63, 3.8) is 0 Å². The molecule has 2 nitrogen and oxygen atoms in total. The summed E-state index contributed by atoms with van der Waals surface area (Å²) in [4.78, 5) is 9.82. The quantitative estimate of drug-likeness (QED) is 0.455. The van der Waals surface area contributed by atoms with Gasteiger partial charge in [-0.25, -0.2) is 0 Å². The molecule has 0 spiro atoms. The van der Waals surface area contributed by atoms with Crippen LogP contribution in [0.3, 0.4) is 0 Å². The average molecular weight is 158 g/mol. The van der Waals surface area contributed by atoms with E-state index in [1.807, 2.05) is 6.08 Å². The van der Waals surface area contributed by atoms with Crippen molar-refractivity contribution in [2.75, 3.05) is 6.61 Å². The van der Waals surface area contributed by atoms with Gasteiger partial charge in [0, 0.05) is 6.92 Å². The van der Waals surface area contributed by atoms with Crippen molar-refractivity contribution in [3.8, 4) is 0 Å². The van der Waals surface area contributed by atoms with Crippen LogP contribution in [0.15, 0.2) is 12.7 Å². The Morgan fingerprint density at radius 1 is 1.64 bits per heavy atom. The van der Waals surface area contributed by atoms with Crippen LogP contribution in [0.1, 0.15) is 27.7 Å². The SMILES string of the molecule is C=CC(C)C.CCOC(C)=O. The Balaban J connectivity index is 0. The lowest BCUT2D eigenvalue weighted by molar-refractivity contribution is -0.140. The summed E-state index contributed by atoms with van der Waals surface area (Å²) in [5.74, 6) is 0.438. The zero-order chi connectivity index (χ0) is 9.28. The van der Waals surface area contributed by atoms with Gasteiger partial charge in [0.15, 0.2) is 0 Å². The van der Waals surface area contributed by atoms with Crippen molar-refractivity contribution >= 4 is 5.97 Å². The van der Waals surface area contributed by atoms with Crippen LogP contribution in [0.4, 0.5) is 0 Å². The Hall–Kier alpha value is -0.790. The van der Waals surface area contributed by atoms with E-state index in [1.54, 1.807) is 6.92 Å². The fourth-order valence-corrected chi connectivity index (χ4v) is 0.203. The molecule has 0 heterocycles. The van der Waals surface area contributed by atoms with Crippen LogP contribution in [-0.2, 0) is 9.53 Å². The molecule has 0 unspecified atom stereocenters. The zero-order valence-electron chi connectivity index (χ0n) is 7.89. The first kappa shape index (κ1) is 12.8. The second kappa shape index (κ2) is 9.21. The predicted molar refractivity (Wildman–Crippen MR) is 47.3 cm³/mol. The molecule has 0 aromatic carbocycles. The Morgan fingerprint density at radius 3 is 2.00 bits per heavy atom. The van der Waals surface area contributed by atoms with Gasteiger partial charge in [-0.15, -0.1) is 6.58 Å². The highest BCUT2D eigenvalue weighted by atomic mass is 16.5. The minimum absolute atomic E-state index is 0.211. The summed E-state index contributed by atoms with van der Waals surface area (Å²) < 4.78 is 4.40.